The first kappa shape index (κ1) is 36.0. The lowest BCUT2D eigenvalue weighted by molar-refractivity contribution is 0.669. The Morgan fingerprint density at radius 2 is 0.797 bits per heavy atom. The zero-order valence-corrected chi connectivity index (χ0v) is 34.4. The van der Waals surface area contributed by atoms with E-state index in [4.69, 9.17) is 18.8 Å². The van der Waals surface area contributed by atoms with Crippen molar-refractivity contribution in [2.75, 3.05) is 0 Å². The molecule has 0 spiro atoms. The quantitative estimate of drug-likeness (QED) is 0.167. The van der Waals surface area contributed by atoms with E-state index in [1.54, 1.807) is 6.20 Å². The van der Waals surface area contributed by atoms with Gasteiger partial charge in [-0.3, -0.25) is 4.98 Å². The molecular formula is C59H35N3O2. The normalized spacial score (nSPS) is 11.8. The highest BCUT2D eigenvalue weighted by molar-refractivity contribution is 6.12. The fourth-order valence-corrected chi connectivity index (χ4v) is 9.32. The molecule has 0 saturated heterocycles. The van der Waals surface area contributed by atoms with Gasteiger partial charge in [-0.1, -0.05) is 121 Å². The molecule has 5 heteroatoms. The van der Waals surface area contributed by atoms with Gasteiger partial charge in [0.25, 0.3) is 0 Å². The van der Waals surface area contributed by atoms with E-state index in [-0.39, 0.29) is 0 Å². The summed E-state index contributed by atoms with van der Waals surface area (Å²) in [5.74, 6) is 0.651. The molecule has 64 heavy (non-hydrogen) atoms. The molecule has 0 aliphatic carbocycles. The number of hydrogen-bond acceptors (Lipinski definition) is 5. The molecule has 0 radical (unpaired) electrons. The fraction of sp³-hybridized carbons (Fsp3) is 0. The lowest BCUT2D eigenvalue weighted by Gasteiger charge is -2.15. The average molecular weight is 818 g/mol. The number of furan rings is 2. The van der Waals surface area contributed by atoms with Crippen molar-refractivity contribution in [2.24, 2.45) is 0 Å². The Morgan fingerprint density at radius 3 is 1.39 bits per heavy atom. The summed E-state index contributed by atoms with van der Waals surface area (Å²) >= 11 is 0. The zero-order valence-electron chi connectivity index (χ0n) is 34.4. The van der Waals surface area contributed by atoms with E-state index in [0.717, 1.165) is 116 Å². The maximum atomic E-state index is 6.45. The minimum Gasteiger partial charge on any atom is -0.456 e. The average Bonchev–Trinajstić information content (AvgIpc) is 3.91. The molecule has 0 aliphatic heterocycles. The summed E-state index contributed by atoms with van der Waals surface area (Å²) in [5, 5.41) is 9.02. The van der Waals surface area contributed by atoms with E-state index < -0.39 is 0 Å². The van der Waals surface area contributed by atoms with Crippen molar-refractivity contribution < 1.29 is 8.83 Å². The summed E-state index contributed by atoms with van der Waals surface area (Å²) in [4.78, 5) is 15.0. The zero-order chi connectivity index (χ0) is 42.1. The molecule has 0 saturated carbocycles. The van der Waals surface area contributed by atoms with Crippen LogP contribution in [0.25, 0.3) is 133 Å². The van der Waals surface area contributed by atoms with Gasteiger partial charge < -0.3 is 8.83 Å². The topological polar surface area (TPSA) is 65.0 Å². The van der Waals surface area contributed by atoms with Gasteiger partial charge in [0.1, 0.15) is 22.3 Å². The van der Waals surface area contributed by atoms with Crippen molar-refractivity contribution in [2.45, 2.75) is 0 Å². The van der Waals surface area contributed by atoms with E-state index in [1.807, 2.05) is 30.5 Å². The minimum atomic E-state index is 0.651. The Labute approximate surface area is 367 Å². The first-order valence-corrected chi connectivity index (χ1v) is 21.5. The molecular weight excluding hydrogens is 783 g/mol. The standard InChI is InChI=1S/C59H35N3O2/c1-2-11-36(12-3-1)59-61-53(34-54(62-59)48-19-9-8-18-47(48)43-17-10-24-60-35-43)46-26-44(41-20-22-55-49(30-41)51-28-37-13-4-6-15-39(37)32-57(51)63-55)25-45(27-46)42-21-23-56-50(31-42)52-29-38-14-5-7-16-40(38)33-58(52)64-56/h1-35H. The Morgan fingerprint density at radius 1 is 0.297 bits per heavy atom. The number of rotatable bonds is 6. The Balaban J connectivity index is 1.04. The predicted octanol–water partition coefficient (Wildman–Crippen LogP) is 16.0. The van der Waals surface area contributed by atoms with E-state index >= 15 is 0 Å². The van der Waals surface area contributed by atoms with Crippen LogP contribution in [-0.2, 0) is 0 Å². The number of benzene rings is 9. The highest BCUT2D eigenvalue weighted by atomic mass is 16.3. The monoisotopic (exact) mass is 817 g/mol. The Kier molecular flexibility index (Phi) is 8.15. The molecule has 13 aromatic rings. The Hall–Kier alpha value is -8.67. The second kappa shape index (κ2) is 14.5. The summed E-state index contributed by atoms with van der Waals surface area (Å²) in [6.07, 6.45) is 3.70. The number of aromatic nitrogens is 3. The molecule has 0 N–H and O–H groups in total. The number of hydrogen-bond donors (Lipinski definition) is 0. The van der Waals surface area contributed by atoms with Crippen LogP contribution in [0.4, 0.5) is 0 Å². The molecule has 0 fully saturated rings. The minimum absolute atomic E-state index is 0.651. The van der Waals surface area contributed by atoms with Gasteiger partial charge >= 0.3 is 0 Å². The van der Waals surface area contributed by atoms with Gasteiger partial charge in [0.15, 0.2) is 5.82 Å². The highest BCUT2D eigenvalue weighted by Gasteiger charge is 2.18. The van der Waals surface area contributed by atoms with E-state index in [2.05, 4.69) is 181 Å². The summed E-state index contributed by atoms with van der Waals surface area (Å²) in [7, 11) is 0. The van der Waals surface area contributed by atoms with Crippen LogP contribution in [-0.4, -0.2) is 15.0 Å². The van der Waals surface area contributed by atoms with Crippen LogP contribution in [0, 0.1) is 0 Å². The molecule has 298 valence electrons. The van der Waals surface area contributed by atoms with Crippen LogP contribution in [0.15, 0.2) is 221 Å². The van der Waals surface area contributed by atoms with Gasteiger partial charge in [0, 0.05) is 56.2 Å². The Bertz CT molecular complexity index is 3790. The summed E-state index contributed by atoms with van der Waals surface area (Å²) in [5.41, 5.74) is 14.4. The number of pyridine rings is 1. The highest BCUT2D eigenvalue weighted by Crippen LogP contribution is 2.41. The van der Waals surface area contributed by atoms with Crippen LogP contribution in [0.5, 0.6) is 0 Å². The second-order valence-electron chi connectivity index (χ2n) is 16.4. The molecule has 0 unspecified atom stereocenters. The third-order valence-corrected chi connectivity index (χ3v) is 12.5. The largest absolute Gasteiger partial charge is 0.456 e. The molecule has 9 aromatic carbocycles. The molecule has 0 amide bonds. The van der Waals surface area contributed by atoms with Crippen LogP contribution < -0.4 is 0 Å². The maximum Gasteiger partial charge on any atom is 0.160 e. The van der Waals surface area contributed by atoms with Gasteiger partial charge in [-0.25, -0.2) is 9.97 Å². The van der Waals surface area contributed by atoms with Gasteiger partial charge in [-0.15, -0.1) is 0 Å². The van der Waals surface area contributed by atoms with E-state index in [0.29, 0.717) is 5.82 Å². The van der Waals surface area contributed by atoms with Crippen molar-refractivity contribution in [1.82, 2.24) is 15.0 Å². The van der Waals surface area contributed by atoms with Crippen LogP contribution in [0.1, 0.15) is 0 Å². The second-order valence-corrected chi connectivity index (χ2v) is 16.4. The summed E-state index contributed by atoms with van der Waals surface area (Å²) in [6, 6.07) is 70.3. The maximum absolute atomic E-state index is 6.45. The van der Waals surface area contributed by atoms with Crippen molar-refractivity contribution in [3.8, 4) is 67.3 Å². The molecule has 13 rings (SSSR count). The van der Waals surface area contributed by atoms with Gasteiger partial charge in [0.2, 0.25) is 0 Å². The smallest absolute Gasteiger partial charge is 0.160 e. The first-order chi connectivity index (χ1) is 31.6. The molecule has 5 nitrogen and oxygen atoms in total. The molecule has 4 aromatic heterocycles. The lowest BCUT2D eigenvalue weighted by atomic mass is 9.92. The summed E-state index contributed by atoms with van der Waals surface area (Å²) < 4.78 is 12.9. The third kappa shape index (κ3) is 6.13. The number of fused-ring (bicyclic) bond motifs is 8. The van der Waals surface area contributed by atoms with Crippen LogP contribution in [0.2, 0.25) is 0 Å². The van der Waals surface area contributed by atoms with E-state index in [1.165, 1.54) is 10.8 Å². The predicted molar refractivity (Wildman–Crippen MR) is 262 cm³/mol. The van der Waals surface area contributed by atoms with Gasteiger partial charge in [-0.2, -0.15) is 0 Å². The molecule has 0 aliphatic rings. The first-order valence-electron chi connectivity index (χ1n) is 21.5. The molecule has 0 atom stereocenters. The van der Waals surface area contributed by atoms with E-state index in [9.17, 15) is 0 Å². The lowest BCUT2D eigenvalue weighted by Crippen LogP contribution is -1.97. The van der Waals surface area contributed by atoms with Crippen LogP contribution in [0.3, 0.4) is 0 Å². The molecule has 0 bridgehead atoms. The fourth-order valence-electron chi connectivity index (χ4n) is 9.32. The van der Waals surface area contributed by atoms with Crippen molar-refractivity contribution in [3.05, 3.63) is 213 Å². The van der Waals surface area contributed by atoms with Gasteiger partial charge in [0.05, 0.1) is 11.4 Å². The van der Waals surface area contributed by atoms with Crippen molar-refractivity contribution in [1.29, 1.82) is 0 Å². The van der Waals surface area contributed by atoms with Crippen LogP contribution >= 0.6 is 0 Å². The van der Waals surface area contributed by atoms with Crippen molar-refractivity contribution >= 4 is 65.4 Å². The SMILES string of the molecule is c1ccc(-c2nc(-c3cc(-c4ccc5oc6cc7ccccc7cc6c5c4)cc(-c4ccc5oc6cc7ccccc7cc6c5c4)c3)cc(-c3ccccc3-c3cccnc3)n2)cc1. The number of nitrogens with zero attached hydrogens (tertiary/aromatic N) is 3. The third-order valence-electron chi connectivity index (χ3n) is 12.5. The molecule has 4 heterocycles. The van der Waals surface area contributed by atoms with Gasteiger partial charge in [-0.05, 0) is 128 Å². The van der Waals surface area contributed by atoms with Crippen molar-refractivity contribution in [3.63, 3.8) is 0 Å². The summed E-state index contributed by atoms with van der Waals surface area (Å²) in [6.45, 7) is 0.